The zero-order valence-electron chi connectivity index (χ0n) is 11.3. The van der Waals surface area contributed by atoms with E-state index in [1.165, 1.54) is 6.07 Å². The van der Waals surface area contributed by atoms with E-state index in [4.69, 9.17) is 22.1 Å². The van der Waals surface area contributed by atoms with Gasteiger partial charge in [0.05, 0.1) is 5.02 Å². The highest BCUT2D eigenvalue weighted by molar-refractivity contribution is 6.31. The Labute approximate surface area is 123 Å². The molecule has 0 bridgehead atoms. The van der Waals surface area contributed by atoms with E-state index in [0.717, 1.165) is 12.0 Å². The van der Waals surface area contributed by atoms with Crippen molar-refractivity contribution < 1.29 is 9.13 Å². The van der Waals surface area contributed by atoms with Crippen molar-refractivity contribution >= 4 is 11.6 Å². The largest absolute Gasteiger partial charge is 0.489 e. The predicted octanol–water partition coefficient (Wildman–Crippen LogP) is 3.95. The summed E-state index contributed by atoms with van der Waals surface area (Å²) in [6.45, 7) is 2.07. The van der Waals surface area contributed by atoms with Crippen molar-refractivity contribution in [1.82, 2.24) is 0 Å². The Morgan fingerprint density at radius 3 is 2.50 bits per heavy atom. The van der Waals surface area contributed by atoms with Gasteiger partial charge in [-0.25, -0.2) is 4.39 Å². The zero-order chi connectivity index (χ0) is 14.5. The maximum absolute atomic E-state index is 13.6. The Bertz CT molecular complexity index is 549. The minimum Gasteiger partial charge on any atom is -0.489 e. The highest BCUT2D eigenvalue weighted by Gasteiger charge is 2.07. The van der Waals surface area contributed by atoms with Crippen LogP contribution in [-0.2, 0) is 13.0 Å². The fourth-order valence-electron chi connectivity index (χ4n) is 1.92. The summed E-state index contributed by atoms with van der Waals surface area (Å²) in [6.07, 6.45) is 0.819. The van der Waals surface area contributed by atoms with E-state index in [-0.39, 0.29) is 18.5 Å². The second kappa shape index (κ2) is 6.73. The number of hydrogen-bond donors (Lipinski definition) is 1. The summed E-state index contributed by atoms with van der Waals surface area (Å²) < 4.78 is 19.1. The van der Waals surface area contributed by atoms with Gasteiger partial charge in [0.1, 0.15) is 18.2 Å². The monoisotopic (exact) mass is 293 g/mol. The molecule has 1 unspecified atom stereocenters. The molecule has 0 fully saturated rings. The average molecular weight is 294 g/mol. The molecule has 0 aliphatic rings. The Balaban J connectivity index is 2.00. The van der Waals surface area contributed by atoms with Gasteiger partial charge in [-0.1, -0.05) is 29.8 Å². The van der Waals surface area contributed by atoms with Crippen molar-refractivity contribution in [1.29, 1.82) is 0 Å². The van der Waals surface area contributed by atoms with Gasteiger partial charge in [0, 0.05) is 11.6 Å². The summed E-state index contributed by atoms with van der Waals surface area (Å²) in [5.41, 5.74) is 7.26. The van der Waals surface area contributed by atoms with Gasteiger partial charge in [-0.3, -0.25) is 0 Å². The lowest BCUT2D eigenvalue weighted by atomic mass is 10.1. The Morgan fingerprint density at radius 2 is 1.90 bits per heavy atom. The highest BCUT2D eigenvalue weighted by atomic mass is 35.5. The minimum absolute atomic E-state index is 0.109. The van der Waals surface area contributed by atoms with Gasteiger partial charge in [0.25, 0.3) is 0 Å². The first-order valence-corrected chi connectivity index (χ1v) is 6.84. The molecule has 1 atom stereocenters. The molecule has 0 amide bonds. The van der Waals surface area contributed by atoms with Crippen LogP contribution in [0, 0.1) is 5.82 Å². The first-order chi connectivity index (χ1) is 9.56. The molecule has 4 heteroatoms. The zero-order valence-corrected chi connectivity index (χ0v) is 12.0. The Morgan fingerprint density at radius 1 is 1.20 bits per heavy atom. The first-order valence-electron chi connectivity index (χ1n) is 6.46. The minimum atomic E-state index is -0.355. The highest BCUT2D eigenvalue weighted by Crippen LogP contribution is 2.21. The lowest BCUT2D eigenvalue weighted by molar-refractivity contribution is 0.300. The maximum atomic E-state index is 13.6. The lowest BCUT2D eigenvalue weighted by Crippen LogP contribution is -2.17. The van der Waals surface area contributed by atoms with Crippen LogP contribution in [0.15, 0.2) is 42.5 Å². The number of benzene rings is 2. The molecule has 2 nitrogen and oxygen atoms in total. The van der Waals surface area contributed by atoms with Crippen LogP contribution >= 0.6 is 11.6 Å². The van der Waals surface area contributed by atoms with Crippen molar-refractivity contribution in [2.75, 3.05) is 0 Å². The third kappa shape index (κ3) is 3.95. The standard InChI is InChI=1S/C16H17ClFNO/c1-11(19)9-12-5-7-13(8-6-12)20-10-14-15(17)3-2-4-16(14)18/h2-8,11H,9-10,19H2,1H3. The summed E-state index contributed by atoms with van der Waals surface area (Å²) in [6, 6.07) is 12.3. The molecule has 2 aromatic carbocycles. The van der Waals surface area contributed by atoms with Crippen LogP contribution in [-0.4, -0.2) is 6.04 Å². The summed E-state index contributed by atoms with van der Waals surface area (Å²) in [4.78, 5) is 0. The molecule has 2 N–H and O–H groups in total. The summed E-state index contributed by atoms with van der Waals surface area (Å²) in [5.74, 6) is 0.323. The molecule has 0 spiro atoms. The van der Waals surface area contributed by atoms with Crippen LogP contribution in [0.4, 0.5) is 4.39 Å². The van der Waals surface area contributed by atoms with E-state index in [1.54, 1.807) is 12.1 Å². The van der Waals surface area contributed by atoms with Gasteiger partial charge in [-0.15, -0.1) is 0 Å². The van der Waals surface area contributed by atoms with Gasteiger partial charge < -0.3 is 10.5 Å². The van der Waals surface area contributed by atoms with E-state index in [9.17, 15) is 4.39 Å². The molecule has 0 saturated heterocycles. The van der Waals surface area contributed by atoms with Crippen molar-refractivity contribution in [3.8, 4) is 5.75 Å². The van der Waals surface area contributed by atoms with Gasteiger partial charge in [-0.2, -0.15) is 0 Å². The van der Waals surface area contributed by atoms with Crippen LogP contribution in [0.2, 0.25) is 5.02 Å². The molecule has 2 rings (SSSR count). The molecular weight excluding hydrogens is 277 g/mol. The number of rotatable bonds is 5. The van der Waals surface area contributed by atoms with E-state index in [1.807, 2.05) is 31.2 Å². The van der Waals surface area contributed by atoms with Crippen LogP contribution in [0.1, 0.15) is 18.1 Å². The fraction of sp³-hybridized carbons (Fsp3) is 0.250. The van der Waals surface area contributed by atoms with Gasteiger partial charge in [0.2, 0.25) is 0 Å². The van der Waals surface area contributed by atoms with E-state index in [2.05, 4.69) is 0 Å². The number of halogens is 2. The van der Waals surface area contributed by atoms with Crippen molar-refractivity contribution in [2.45, 2.75) is 26.0 Å². The van der Waals surface area contributed by atoms with Crippen LogP contribution < -0.4 is 10.5 Å². The summed E-state index contributed by atoms with van der Waals surface area (Å²) in [5, 5.41) is 0.374. The molecular formula is C16H17ClFNO. The van der Waals surface area contributed by atoms with E-state index < -0.39 is 0 Å². The normalized spacial score (nSPS) is 12.2. The molecule has 106 valence electrons. The van der Waals surface area contributed by atoms with E-state index >= 15 is 0 Å². The van der Waals surface area contributed by atoms with Crippen LogP contribution in [0.3, 0.4) is 0 Å². The van der Waals surface area contributed by atoms with Crippen molar-refractivity contribution in [3.63, 3.8) is 0 Å². The Kier molecular flexibility index (Phi) is 4.99. The second-order valence-electron chi connectivity index (χ2n) is 4.81. The number of ether oxygens (including phenoxy) is 1. The SMILES string of the molecule is CC(N)Cc1ccc(OCc2c(F)cccc2Cl)cc1. The topological polar surface area (TPSA) is 35.2 Å². The van der Waals surface area contributed by atoms with Crippen molar-refractivity contribution in [2.24, 2.45) is 5.73 Å². The summed E-state index contributed by atoms with van der Waals surface area (Å²) >= 11 is 5.94. The molecule has 20 heavy (non-hydrogen) atoms. The van der Waals surface area contributed by atoms with E-state index in [0.29, 0.717) is 16.3 Å². The second-order valence-corrected chi connectivity index (χ2v) is 5.22. The van der Waals surface area contributed by atoms with Gasteiger partial charge in [-0.05, 0) is 43.2 Å². The smallest absolute Gasteiger partial charge is 0.131 e. The average Bonchev–Trinajstić information content (AvgIpc) is 2.39. The third-order valence-corrected chi connectivity index (χ3v) is 3.28. The number of nitrogens with two attached hydrogens (primary N) is 1. The van der Waals surface area contributed by atoms with Gasteiger partial charge >= 0.3 is 0 Å². The Hall–Kier alpha value is -1.58. The van der Waals surface area contributed by atoms with Gasteiger partial charge in [0.15, 0.2) is 0 Å². The molecule has 2 aromatic rings. The fourth-order valence-corrected chi connectivity index (χ4v) is 2.14. The quantitative estimate of drug-likeness (QED) is 0.906. The molecule has 0 aliphatic carbocycles. The predicted molar refractivity (Wildman–Crippen MR) is 79.5 cm³/mol. The lowest BCUT2D eigenvalue weighted by Gasteiger charge is -2.10. The number of hydrogen-bond acceptors (Lipinski definition) is 2. The molecule has 0 saturated carbocycles. The molecule has 0 aliphatic heterocycles. The summed E-state index contributed by atoms with van der Waals surface area (Å²) in [7, 11) is 0. The first kappa shape index (κ1) is 14.8. The van der Waals surface area contributed by atoms with Crippen LogP contribution in [0.5, 0.6) is 5.75 Å². The molecule has 0 radical (unpaired) electrons. The third-order valence-electron chi connectivity index (χ3n) is 2.93. The van der Waals surface area contributed by atoms with Crippen molar-refractivity contribution in [3.05, 3.63) is 64.4 Å². The maximum Gasteiger partial charge on any atom is 0.131 e. The van der Waals surface area contributed by atoms with Crippen LogP contribution in [0.25, 0.3) is 0 Å². The molecule has 0 aromatic heterocycles. The molecule has 0 heterocycles.